The molecule has 0 fully saturated rings. The maximum absolute atomic E-state index is 8.96. The van der Waals surface area contributed by atoms with E-state index >= 15 is 0 Å². The van der Waals surface area contributed by atoms with Crippen LogP contribution in [-0.4, -0.2) is 0 Å². The first kappa shape index (κ1) is 22.2. The van der Waals surface area contributed by atoms with E-state index in [9.17, 15) is 0 Å². The molecule has 0 bridgehead atoms. The second-order valence-corrected chi connectivity index (χ2v) is 12.0. The Morgan fingerprint density at radius 2 is 0.938 bits per heavy atom. The summed E-state index contributed by atoms with van der Waals surface area (Å²) >= 11 is 0. The molecule has 0 aliphatic heterocycles. The van der Waals surface area contributed by atoms with E-state index in [4.69, 9.17) is 15.7 Å². The molecule has 2 heterocycles. The van der Waals surface area contributed by atoms with E-state index in [1.165, 1.54) is 0 Å². The van der Waals surface area contributed by atoms with E-state index < -0.39 is 6.04 Å². The first-order valence-electron chi connectivity index (χ1n) is 18.4. The molecule has 224 valence electrons. The standard InChI is InChI=1S/C46H28O2/c1-3-15-29(16-4-1)41-31-19-7-9-21-33(31)44(34-22-10-8-20-32(34)41)46-42(30-17-5-2-6-18-30)38-26-13-25-36(45(38)48-46)35-24-14-28-40-43(35)37-23-11-12-27-39(37)47-40/h1-28H/i1D,3D,4D,15D,16D. The van der Waals surface area contributed by atoms with Crippen LogP contribution in [0, 0.1) is 0 Å². The van der Waals surface area contributed by atoms with Gasteiger partial charge in [-0.1, -0.05) is 158 Å². The van der Waals surface area contributed by atoms with Crippen LogP contribution in [0.1, 0.15) is 6.85 Å². The minimum atomic E-state index is -0.418. The average Bonchev–Trinajstić information content (AvgIpc) is 3.78. The highest BCUT2D eigenvalue weighted by Crippen LogP contribution is 2.51. The van der Waals surface area contributed by atoms with Crippen molar-refractivity contribution >= 4 is 54.5 Å². The summed E-state index contributed by atoms with van der Waals surface area (Å²) in [5, 5.41) is 6.21. The lowest BCUT2D eigenvalue weighted by atomic mass is 9.86. The predicted molar refractivity (Wildman–Crippen MR) is 200 cm³/mol. The Labute approximate surface area is 284 Å². The van der Waals surface area contributed by atoms with Crippen molar-refractivity contribution in [2.75, 3.05) is 0 Å². The highest BCUT2D eigenvalue weighted by molar-refractivity contribution is 6.24. The summed E-state index contributed by atoms with van der Waals surface area (Å²) in [6.45, 7) is 0. The SMILES string of the molecule is [2H]c1c([2H])c([2H])c(-c2c3ccccc3c(-c3oc4c(-c5cccc6oc7ccccc7c56)cccc4c3-c3ccccc3)c3ccccc23)c([2H])c1[2H]. The molecule has 0 aliphatic carbocycles. The third kappa shape index (κ3) is 3.93. The summed E-state index contributed by atoms with van der Waals surface area (Å²) in [5.41, 5.74) is 7.86. The van der Waals surface area contributed by atoms with Gasteiger partial charge in [0.25, 0.3) is 0 Å². The van der Waals surface area contributed by atoms with Crippen LogP contribution < -0.4 is 0 Å². The van der Waals surface area contributed by atoms with E-state index in [0.29, 0.717) is 11.3 Å². The lowest BCUT2D eigenvalue weighted by Gasteiger charge is -2.17. The average molecular weight is 618 g/mol. The lowest BCUT2D eigenvalue weighted by molar-refractivity contribution is 0.635. The third-order valence-corrected chi connectivity index (χ3v) is 9.38. The fraction of sp³-hybridized carbons (Fsp3) is 0. The fourth-order valence-electron chi connectivity index (χ4n) is 7.42. The van der Waals surface area contributed by atoms with E-state index in [-0.39, 0.29) is 29.7 Å². The van der Waals surface area contributed by atoms with Crippen molar-refractivity contribution in [1.29, 1.82) is 0 Å². The van der Waals surface area contributed by atoms with E-state index in [1.807, 2.05) is 97.1 Å². The minimum Gasteiger partial charge on any atom is -0.456 e. The number of furan rings is 2. The Bertz CT molecular complexity index is 3040. The van der Waals surface area contributed by atoms with Crippen molar-refractivity contribution in [3.8, 4) is 44.7 Å². The summed E-state index contributed by atoms with van der Waals surface area (Å²) in [6, 6.07) is 44.8. The predicted octanol–water partition coefficient (Wildman–Crippen LogP) is 13.3. The molecular formula is C46H28O2. The number of hydrogen-bond acceptors (Lipinski definition) is 2. The number of hydrogen-bond donors (Lipinski definition) is 0. The smallest absolute Gasteiger partial charge is 0.144 e. The van der Waals surface area contributed by atoms with Crippen LogP contribution in [0.5, 0.6) is 0 Å². The Morgan fingerprint density at radius 3 is 1.67 bits per heavy atom. The normalized spacial score (nSPS) is 13.2. The molecule has 0 saturated carbocycles. The molecule has 10 rings (SSSR count). The summed E-state index contributed by atoms with van der Waals surface area (Å²) in [4.78, 5) is 0. The van der Waals surface area contributed by atoms with Crippen LogP contribution in [0.15, 0.2) is 179 Å². The highest BCUT2D eigenvalue weighted by atomic mass is 16.3. The molecule has 0 N–H and O–H groups in total. The molecule has 2 aromatic heterocycles. The zero-order valence-electron chi connectivity index (χ0n) is 30.6. The quantitative estimate of drug-likeness (QED) is 0.184. The molecule has 10 aromatic rings. The van der Waals surface area contributed by atoms with Gasteiger partial charge in [-0.3, -0.25) is 0 Å². The molecule has 8 aromatic carbocycles. The van der Waals surface area contributed by atoms with Crippen molar-refractivity contribution in [3.63, 3.8) is 0 Å². The Hall–Kier alpha value is -6.38. The topological polar surface area (TPSA) is 26.3 Å². The van der Waals surface area contributed by atoms with Gasteiger partial charge in [0.1, 0.15) is 22.5 Å². The van der Waals surface area contributed by atoms with Gasteiger partial charge in [-0.15, -0.1) is 0 Å². The van der Waals surface area contributed by atoms with Crippen LogP contribution in [0.3, 0.4) is 0 Å². The number of para-hydroxylation sites is 2. The Morgan fingerprint density at radius 1 is 0.375 bits per heavy atom. The van der Waals surface area contributed by atoms with Crippen LogP contribution in [0.4, 0.5) is 0 Å². The number of rotatable bonds is 4. The molecule has 2 heteroatoms. The van der Waals surface area contributed by atoms with Crippen molar-refractivity contribution in [2.45, 2.75) is 0 Å². The fourth-order valence-corrected chi connectivity index (χ4v) is 7.42. The lowest BCUT2D eigenvalue weighted by Crippen LogP contribution is -1.91. The van der Waals surface area contributed by atoms with Crippen molar-refractivity contribution in [1.82, 2.24) is 0 Å². The highest BCUT2D eigenvalue weighted by Gasteiger charge is 2.26. The van der Waals surface area contributed by atoms with E-state index in [0.717, 1.165) is 82.3 Å². The minimum absolute atomic E-state index is 0.172. The summed E-state index contributed by atoms with van der Waals surface area (Å²) in [5.74, 6) is 0.683. The molecule has 48 heavy (non-hydrogen) atoms. The molecule has 0 radical (unpaired) electrons. The van der Waals surface area contributed by atoms with Crippen molar-refractivity contribution in [3.05, 3.63) is 170 Å². The summed E-state index contributed by atoms with van der Waals surface area (Å²) in [6.07, 6.45) is 0. The van der Waals surface area contributed by atoms with Gasteiger partial charge >= 0.3 is 0 Å². The van der Waals surface area contributed by atoms with Gasteiger partial charge in [-0.2, -0.15) is 0 Å². The Kier molecular flexibility index (Phi) is 4.89. The van der Waals surface area contributed by atoms with Crippen LogP contribution in [0.25, 0.3) is 99.2 Å². The first-order valence-corrected chi connectivity index (χ1v) is 15.9. The second kappa shape index (κ2) is 10.6. The maximum Gasteiger partial charge on any atom is 0.144 e. The molecule has 0 amide bonds. The molecule has 0 saturated heterocycles. The second-order valence-electron chi connectivity index (χ2n) is 12.0. The number of benzene rings is 8. The maximum atomic E-state index is 8.96. The van der Waals surface area contributed by atoms with Crippen molar-refractivity contribution < 1.29 is 15.7 Å². The van der Waals surface area contributed by atoms with Gasteiger partial charge in [-0.05, 0) is 55.9 Å². The molecule has 0 unspecified atom stereocenters. The number of fused-ring (bicyclic) bond motifs is 6. The van der Waals surface area contributed by atoms with Gasteiger partial charge in [0.05, 0.1) is 6.85 Å². The largest absolute Gasteiger partial charge is 0.456 e. The molecule has 0 aliphatic rings. The van der Waals surface area contributed by atoms with E-state index in [1.54, 1.807) is 0 Å². The third-order valence-electron chi connectivity index (χ3n) is 9.38. The molecule has 0 spiro atoms. The van der Waals surface area contributed by atoms with Crippen LogP contribution in [0.2, 0.25) is 0 Å². The zero-order chi connectivity index (χ0) is 36.0. The van der Waals surface area contributed by atoms with Crippen LogP contribution >= 0.6 is 0 Å². The van der Waals surface area contributed by atoms with Gasteiger partial charge < -0.3 is 8.83 Å². The van der Waals surface area contributed by atoms with Gasteiger partial charge in [0.15, 0.2) is 0 Å². The van der Waals surface area contributed by atoms with Gasteiger partial charge in [0, 0.05) is 32.8 Å². The summed E-state index contributed by atoms with van der Waals surface area (Å²) in [7, 11) is 0. The Balaban J connectivity index is 1.36. The van der Waals surface area contributed by atoms with Crippen LogP contribution in [-0.2, 0) is 0 Å². The molecular weight excluding hydrogens is 585 g/mol. The van der Waals surface area contributed by atoms with Crippen molar-refractivity contribution in [2.24, 2.45) is 0 Å². The van der Waals surface area contributed by atoms with Gasteiger partial charge in [0.2, 0.25) is 0 Å². The zero-order valence-corrected chi connectivity index (χ0v) is 25.6. The molecule has 2 nitrogen and oxygen atoms in total. The van der Waals surface area contributed by atoms with E-state index in [2.05, 4.69) is 42.5 Å². The summed E-state index contributed by atoms with van der Waals surface area (Å²) < 4.78 is 56.7. The first-order chi connectivity index (χ1) is 25.9. The monoisotopic (exact) mass is 617 g/mol. The molecule has 0 atom stereocenters. The van der Waals surface area contributed by atoms with Gasteiger partial charge in [-0.25, -0.2) is 0 Å².